The molecule has 1 fully saturated rings. The molecule has 0 radical (unpaired) electrons. The Morgan fingerprint density at radius 3 is 2.54 bits per heavy atom. The number of unbranched alkanes of at least 4 members (excludes halogenated alkanes) is 2. The molecule has 0 saturated carbocycles. The maximum Gasteiger partial charge on any atom is 0.260 e. The highest BCUT2D eigenvalue weighted by molar-refractivity contribution is 5.87. The van der Waals surface area contributed by atoms with Gasteiger partial charge in [-0.15, -0.1) is 5.16 Å². The quantitative estimate of drug-likeness (QED) is 0.0906. The molecule has 0 aliphatic carbocycles. The molecule has 3 aromatic rings. The first-order valence-corrected chi connectivity index (χ1v) is 16.4. The van der Waals surface area contributed by atoms with Gasteiger partial charge in [0.2, 0.25) is 5.95 Å². The number of amides is 1. The normalized spacial score (nSPS) is 14.0. The highest BCUT2D eigenvalue weighted by Gasteiger charge is 2.17. The van der Waals surface area contributed by atoms with Crippen molar-refractivity contribution in [1.82, 2.24) is 29.7 Å². The third-order valence-corrected chi connectivity index (χ3v) is 8.10. The molecule has 13 heteroatoms. The molecule has 4 N–H and O–H groups in total. The van der Waals surface area contributed by atoms with Crippen molar-refractivity contribution in [2.45, 2.75) is 46.2 Å². The van der Waals surface area contributed by atoms with E-state index in [2.05, 4.69) is 89.9 Å². The summed E-state index contributed by atoms with van der Waals surface area (Å²) in [6.45, 7) is 17.6. The molecule has 1 saturated heterocycles. The van der Waals surface area contributed by atoms with Crippen molar-refractivity contribution >= 4 is 35.4 Å². The van der Waals surface area contributed by atoms with Crippen molar-refractivity contribution in [2.75, 3.05) is 89.9 Å². The van der Waals surface area contributed by atoms with Gasteiger partial charge in [-0.3, -0.25) is 14.6 Å². The van der Waals surface area contributed by atoms with Crippen LogP contribution in [0.25, 0.3) is 11.0 Å². The summed E-state index contributed by atoms with van der Waals surface area (Å²) in [5, 5.41) is 9.34. The number of aromatic nitrogens is 3. The number of nitrogen functional groups attached to an aromatic ring is 1. The van der Waals surface area contributed by atoms with E-state index in [0.29, 0.717) is 38.9 Å². The number of nitrogens with two attached hydrogens (primary N) is 1. The summed E-state index contributed by atoms with van der Waals surface area (Å²) >= 11 is 0. The summed E-state index contributed by atoms with van der Waals surface area (Å²) in [5.41, 5.74) is 11.8. The van der Waals surface area contributed by atoms with Crippen molar-refractivity contribution in [3.8, 4) is 0 Å². The molecule has 1 aliphatic rings. The second-order valence-corrected chi connectivity index (χ2v) is 11.6. The summed E-state index contributed by atoms with van der Waals surface area (Å²) < 4.78 is 13.4. The predicted molar refractivity (Wildman–Crippen MR) is 182 cm³/mol. The van der Waals surface area contributed by atoms with E-state index >= 15 is 0 Å². The van der Waals surface area contributed by atoms with Crippen LogP contribution in [-0.4, -0.2) is 116 Å². The van der Waals surface area contributed by atoms with Crippen molar-refractivity contribution in [1.29, 1.82) is 0 Å². The van der Waals surface area contributed by atoms with Gasteiger partial charge in [0.1, 0.15) is 5.52 Å². The maximum atomic E-state index is 11.4. The lowest BCUT2D eigenvalue weighted by Gasteiger charge is -2.34. The van der Waals surface area contributed by atoms with Gasteiger partial charge in [-0.05, 0) is 36.1 Å². The average Bonchev–Trinajstić information content (AvgIpc) is 3.45. The Hall–Kier alpha value is -3.78. The number of nitrogens with zero attached hydrogens (tertiary/aromatic N) is 6. The number of anilines is 2. The third-order valence-electron chi connectivity index (χ3n) is 8.10. The van der Waals surface area contributed by atoms with Crippen LogP contribution in [0.1, 0.15) is 42.9 Å². The van der Waals surface area contributed by atoms with E-state index in [1.165, 1.54) is 29.5 Å². The van der Waals surface area contributed by atoms with Gasteiger partial charge in [0.05, 0.1) is 31.9 Å². The number of hydrogen-bond donors (Lipinski definition) is 3. The maximum absolute atomic E-state index is 11.4. The number of hydrogen-bond acceptors (Lipinski definition) is 11. The molecule has 1 aliphatic heterocycles. The lowest BCUT2D eigenvalue weighted by molar-refractivity contribution is -0.125. The molecule has 252 valence electrons. The van der Waals surface area contributed by atoms with Gasteiger partial charge in [-0.2, -0.15) is 4.98 Å². The van der Waals surface area contributed by atoms with Gasteiger partial charge in [0.15, 0.2) is 12.4 Å². The zero-order chi connectivity index (χ0) is 32.6. The van der Waals surface area contributed by atoms with Crippen LogP contribution in [0.2, 0.25) is 0 Å². The van der Waals surface area contributed by atoms with Gasteiger partial charge in [-0.25, -0.2) is 4.98 Å². The number of carbonyl (C=O) groups is 1. The van der Waals surface area contributed by atoms with Crippen LogP contribution in [0.3, 0.4) is 0 Å². The van der Waals surface area contributed by atoms with E-state index in [0.717, 1.165) is 75.6 Å². The standard InChI is InChI=1S/C33H51N9O4/c1-4-5-6-10-37-32-31-29(38-33(34)39-32)9-12-42(31)24-28-8-7-27(22-26(28)2)23-41-15-13-40(14-16-41)17-19-45-21-20-44-18-11-36-30(43)25-46-35-3/h7-9,12,22H,3-6,10-11,13-21,23-25H2,1-2H3,(H,36,43)(H3,34,37,38,39). The van der Waals surface area contributed by atoms with Crippen molar-refractivity contribution < 1.29 is 19.1 Å². The van der Waals surface area contributed by atoms with Crippen LogP contribution in [0.4, 0.5) is 11.8 Å². The highest BCUT2D eigenvalue weighted by Crippen LogP contribution is 2.25. The Bertz CT molecular complexity index is 1370. The van der Waals surface area contributed by atoms with Crippen molar-refractivity contribution in [3.63, 3.8) is 0 Å². The number of carbonyl (C=O) groups excluding carboxylic acids is 1. The van der Waals surface area contributed by atoms with E-state index in [1.807, 2.05) is 6.07 Å². The fraction of sp³-hybridized carbons (Fsp3) is 0.576. The minimum atomic E-state index is -0.249. The van der Waals surface area contributed by atoms with E-state index in [9.17, 15) is 4.79 Å². The zero-order valence-electron chi connectivity index (χ0n) is 27.5. The highest BCUT2D eigenvalue weighted by atomic mass is 16.6. The Balaban J connectivity index is 1.15. The van der Waals surface area contributed by atoms with E-state index in [1.54, 1.807) is 0 Å². The molecular weight excluding hydrogens is 586 g/mol. The van der Waals surface area contributed by atoms with Crippen LogP contribution in [0.15, 0.2) is 35.6 Å². The van der Waals surface area contributed by atoms with E-state index in [-0.39, 0.29) is 12.5 Å². The molecule has 0 spiro atoms. The summed E-state index contributed by atoms with van der Waals surface area (Å²) in [6, 6.07) is 8.86. The minimum absolute atomic E-state index is 0.132. The number of rotatable bonds is 21. The van der Waals surface area contributed by atoms with Gasteiger partial charge in [-0.1, -0.05) is 38.0 Å². The fourth-order valence-electron chi connectivity index (χ4n) is 5.54. The van der Waals surface area contributed by atoms with E-state index < -0.39 is 0 Å². The first-order valence-electron chi connectivity index (χ1n) is 16.4. The summed E-state index contributed by atoms with van der Waals surface area (Å²) in [4.78, 5) is 29.9. The first-order chi connectivity index (χ1) is 22.5. The van der Waals surface area contributed by atoms with Crippen molar-refractivity contribution in [3.05, 3.63) is 47.2 Å². The molecule has 0 atom stereocenters. The number of nitrogens with one attached hydrogen (secondary N) is 2. The van der Waals surface area contributed by atoms with Gasteiger partial charge < -0.3 is 35.2 Å². The lowest BCUT2D eigenvalue weighted by atomic mass is 10.0. The number of ether oxygens (including phenoxy) is 2. The first kappa shape index (κ1) is 35.1. The number of oxime groups is 1. The Morgan fingerprint density at radius 2 is 1.78 bits per heavy atom. The molecule has 13 nitrogen and oxygen atoms in total. The Labute approximate surface area is 272 Å². The second kappa shape index (κ2) is 19.0. The average molecular weight is 638 g/mol. The second-order valence-electron chi connectivity index (χ2n) is 11.6. The van der Waals surface area contributed by atoms with Crippen LogP contribution in [0, 0.1) is 6.92 Å². The van der Waals surface area contributed by atoms with Crippen LogP contribution >= 0.6 is 0 Å². The largest absolute Gasteiger partial charge is 0.386 e. The Kier molecular flexibility index (Phi) is 14.5. The lowest BCUT2D eigenvalue weighted by Crippen LogP contribution is -2.46. The molecular formula is C33H51N9O4. The zero-order valence-corrected chi connectivity index (χ0v) is 27.5. The topological polar surface area (TPSA) is 144 Å². The molecule has 0 unspecified atom stereocenters. The number of aryl methyl sites for hydroxylation is 1. The molecule has 0 bridgehead atoms. The molecule has 3 heterocycles. The minimum Gasteiger partial charge on any atom is -0.386 e. The SMILES string of the molecule is C=NOCC(=O)NCCOCCOCCN1CCN(Cc2ccc(Cn3ccc4nc(N)nc(NCCCCC)c43)c(C)c2)CC1. The molecule has 2 aromatic heterocycles. The summed E-state index contributed by atoms with van der Waals surface area (Å²) in [5.74, 6) is 0.854. The monoisotopic (exact) mass is 637 g/mol. The van der Waals surface area contributed by atoms with Crippen LogP contribution < -0.4 is 16.4 Å². The van der Waals surface area contributed by atoms with Gasteiger partial charge in [0, 0.05) is 71.8 Å². The molecule has 1 amide bonds. The molecule has 46 heavy (non-hydrogen) atoms. The predicted octanol–water partition coefficient (Wildman–Crippen LogP) is 2.87. The van der Waals surface area contributed by atoms with E-state index in [4.69, 9.17) is 15.2 Å². The smallest absolute Gasteiger partial charge is 0.260 e. The van der Waals surface area contributed by atoms with Crippen LogP contribution in [-0.2, 0) is 32.2 Å². The van der Waals surface area contributed by atoms with Gasteiger partial charge >= 0.3 is 0 Å². The third kappa shape index (κ3) is 11.2. The summed E-state index contributed by atoms with van der Waals surface area (Å²) in [7, 11) is 0. The summed E-state index contributed by atoms with van der Waals surface area (Å²) in [6.07, 6.45) is 5.54. The number of fused-ring (bicyclic) bond motifs is 1. The Morgan fingerprint density at radius 1 is 1.00 bits per heavy atom. The van der Waals surface area contributed by atoms with Gasteiger partial charge in [0.25, 0.3) is 5.91 Å². The van der Waals surface area contributed by atoms with Crippen LogP contribution in [0.5, 0.6) is 0 Å². The number of piperazine rings is 1. The fourth-order valence-corrected chi connectivity index (χ4v) is 5.54. The van der Waals surface area contributed by atoms with Crippen molar-refractivity contribution in [2.24, 2.45) is 5.16 Å². The molecule has 4 rings (SSSR count). The molecule has 1 aromatic carbocycles. The number of benzene rings is 1.